The first-order valence-corrected chi connectivity index (χ1v) is 7.45. The highest BCUT2D eigenvalue weighted by Gasteiger charge is 2.00. The minimum absolute atomic E-state index is 0.827. The van der Waals surface area contributed by atoms with Crippen molar-refractivity contribution >= 4 is 17.0 Å². The fraction of sp³-hybridized carbons (Fsp3) is 0.250. The number of thiophene rings is 1. The van der Waals surface area contributed by atoms with Gasteiger partial charge in [0.05, 0.1) is 10.6 Å². The Morgan fingerprint density at radius 3 is 3.00 bits per heavy atom. The highest BCUT2D eigenvalue weighted by molar-refractivity contribution is 7.10. The standard InChI is InChI=1S/C16H15N3S/c1-12-8-10-20-15(12)6-4-3-5-14-7-9-19-16(17-14)11-13(2)18-19/h7-11H,3,5H2,1-2H3. The SMILES string of the molecule is Cc1cc2nc(CCC#Cc3sccc3C)ccn2n1. The lowest BCUT2D eigenvalue weighted by atomic mass is 10.2. The molecule has 0 aliphatic rings. The Morgan fingerprint density at radius 2 is 2.20 bits per heavy atom. The van der Waals surface area contributed by atoms with Crippen LogP contribution in [0.15, 0.2) is 29.8 Å². The van der Waals surface area contributed by atoms with E-state index in [4.69, 9.17) is 0 Å². The van der Waals surface area contributed by atoms with Crippen LogP contribution in [0.3, 0.4) is 0 Å². The van der Waals surface area contributed by atoms with Crippen molar-refractivity contribution < 1.29 is 0 Å². The molecule has 0 saturated heterocycles. The van der Waals surface area contributed by atoms with Crippen LogP contribution in [0.4, 0.5) is 0 Å². The van der Waals surface area contributed by atoms with Crippen LogP contribution in [0.5, 0.6) is 0 Å². The second-order valence-electron chi connectivity index (χ2n) is 4.74. The lowest BCUT2D eigenvalue weighted by Crippen LogP contribution is -1.94. The zero-order chi connectivity index (χ0) is 13.9. The van der Waals surface area contributed by atoms with Gasteiger partial charge in [-0.1, -0.05) is 11.8 Å². The van der Waals surface area contributed by atoms with Crippen molar-refractivity contribution in [3.05, 3.63) is 51.6 Å². The second-order valence-corrected chi connectivity index (χ2v) is 5.66. The maximum atomic E-state index is 4.58. The van der Waals surface area contributed by atoms with Crippen LogP contribution in [0.25, 0.3) is 5.65 Å². The lowest BCUT2D eigenvalue weighted by Gasteiger charge is -1.97. The summed E-state index contributed by atoms with van der Waals surface area (Å²) >= 11 is 1.70. The molecule has 0 radical (unpaired) electrons. The largest absolute Gasteiger partial charge is 0.234 e. The molecule has 0 spiro atoms. The van der Waals surface area contributed by atoms with E-state index in [2.05, 4.69) is 40.3 Å². The molecule has 0 amide bonds. The molecular weight excluding hydrogens is 266 g/mol. The van der Waals surface area contributed by atoms with Gasteiger partial charge in [0.1, 0.15) is 0 Å². The summed E-state index contributed by atoms with van der Waals surface area (Å²) < 4.78 is 1.81. The molecule has 3 aromatic heterocycles. The first-order valence-electron chi connectivity index (χ1n) is 6.57. The zero-order valence-corrected chi connectivity index (χ0v) is 12.4. The molecule has 20 heavy (non-hydrogen) atoms. The van der Waals surface area contributed by atoms with Crippen LogP contribution in [0.1, 0.15) is 28.2 Å². The highest BCUT2D eigenvalue weighted by Crippen LogP contribution is 2.13. The zero-order valence-electron chi connectivity index (χ0n) is 11.6. The van der Waals surface area contributed by atoms with Gasteiger partial charge in [0.2, 0.25) is 0 Å². The van der Waals surface area contributed by atoms with Gasteiger partial charge in [-0.15, -0.1) is 11.3 Å². The normalized spacial score (nSPS) is 10.5. The minimum atomic E-state index is 0.827. The first kappa shape index (κ1) is 12.9. The molecule has 0 unspecified atom stereocenters. The Bertz CT molecular complexity index is 802. The molecule has 3 rings (SSSR count). The monoisotopic (exact) mass is 281 g/mol. The van der Waals surface area contributed by atoms with Gasteiger partial charge in [-0.2, -0.15) is 5.10 Å². The molecule has 3 nitrogen and oxygen atoms in total. The van der Waals surface area contributed by atoms with Crippen molar-refractivity contribution in [1.82, 2.24) is 14.6 Å². The van der Waals surface area contributed by atoms with Gasteiger partial charge in [0.25, 0.3) is 0 Å². The molecule has 3 aromatic rings. The Kier molecular flexibility index (Phi) is 3.53. The summed E-state index contributed by atoms with van der Waals surface area (Å²) in [6, 6.07) is 6.10. The predicted molar refractivity (Wildman–Crippen MR) is 82.0 cm³/mol. The van der Waals surface area contributed by atoms with Crippen molar-refractivity contribution in [2.75, 3.05) is 0 Å². The van der Waals surface area contributed by atoms with Gasteiger partial charge in [-0.3, -0.25) is 0 Å². The summed E-state index contributed by atoms with van der Waals surface area (Å²) in [5, 5.41) is 6.40. The van der Waals surface area contributed by atoms with E-state index in [1.807, 2.05) is 25.3 Å². The molecule has 4 heteroatoms. The number of hydrogen-bond acceptors (Lipinski definition) is 3. The summed E-state index contributed by atoms with van der Waals surface area (Å²) in [5.41, 5.74) is 4.22. The molecule has 0 N–H and O–H groups in total. The van der Waals surface area contributed by atoms with Crippen molar-refractivity contribution in [1.29, 1.82) is 0 Å². The van der Waals surface area contributed by atoms with Crippen LogP contribution >= 0.6 is 11.3 Å². The average molecular weight is 281 g/mol. The number of rotatable bonds is 2. The Morgan fingerprint density at radius 1 is 1.30 bits per heavy atom. The quantitative estimate of drug-likeness (QED) is 0.674. The van der Waals surface area contributed by atoms with Crippen LogP contribution in [-0.4, -0.2) is 14.6 Å². The third-order valence-electron chi connectivity index (χ3n) is 3.07. The highest BCUT2D eigenvalue weighted by atomic mass is 32.1. The van der Waals surface area contributed by atoms with Crippen molar-refractivity contribution in [2.45, 2.75) is 26.7 Å². The topological polar surface area (TPSA) is 30.2 Å². The maximum Gasteiger partial charge on any atom is 0.155 e. The summed E-state index contributed by atoms with van der Waals surface area (Å²) in [7, 11) is 0. The van der Waals surface area contributed by atoms with Gasteiger partial charge < -0.3 is 0 Å². The summed E-state index contributed by atoms with van der Waals surface area (Å²) in [5.74, 6) is 6.46. The molecule has 0 atom stereocenters. The van der Waals surface area contributed by atoms with E-state index in [1.165, 1.54) is 10.4 Å². The van der Waals surface area contributed by atoms with Crippen LogP contribution in [0, 0.1) is 25.7 Å². The van der Waals surface area contributed by atoms with Crippen LogP contribution in [0.2, 0.25) is 0 Å². The summed E-state index contributed by atoms with van der Waals surface area (Å²) in [4.78, 5) is 5.75. The molecule has 0 saturated carbocycles. The van der Waals surface area contributed by atoms with Gasteiger partial charge in [0.15, 0.2) is 5.65 Å². The molecule has 0 fully saturated rings. The Balaban J connectivity index is 1.68. The fourth-order valence-corrected chi connectivity index (χ4v) is 2.80. The molecule has 0 aromatic carbocycles. The van der Waals surface area contributed by atoms with Crippen LogP contribution < -0.4 is 0 Å². The first-order chi connectivity index (χ1) is 9.72. The van der Waals surface area contributed by atoms with E-state index >= 15 is 0 Å². The minimum Gasteiger partial charge on any atom is -0.234 e. The van der Waals surface area contributed by atoms with E-state index in [0.717, 1.165) is 29.9 Å². The van der Waals surface area contributed by atoms with E-state index in [0.29, 0.717) is 0 Å². The molecule has 0 bridgehead atoms. The van der Waals surface area contributed by atoms with Gasteiger partial charge in [0, 0.05) is 30.8 Å². The Hall–Kier alpha value is -2.12. The van der Waals surface area contributed by atoms with Crippen molar-refractivity contribution in [3.63, 3.8) is 0 Å². The second kappa shape index (κ2) is 5.48. The molecular formula is C16H15N3S. The molecule has 100 valence electrons. The fourth-order valence-electron chi connectivity index (χ4n) is 2.01. The van der Waals surface area contributed by atoms with Gasteiger partial charge in [-0.25, -0.2) is 9.50 Å². The lowest BCUT2D eigenvalue weighted by molar-refractivity contribution is 0.884. The molecule has 0 aliphatic heterocycles. The van der Waals surface area contributed by atoms with E-state index in [-0.39, 0.29) is 0 Å². The molecule has 0 aliphatic carbocycles. The Labute approximate surface area is 122 Å². The van der Waals surface area contributed by atoms with Gasteiger partial charge >= 0.3 is 0 Å². The number of aromatic nitrogens is 3. The number of hydrogen-bond donors (Lipinski definition) is 0. The van der Waals surface area contributed by atoms with E-state index in [9.17, 15) is 0 Å². The number of fused-ring (bicyclic) bond motifs is 1. The average Bonchev–Trinajstić information content (AvgIpc) is 2.99. The third-order valence-corrected chi connectivity index (χ3v) is 4.01. The summed E-state index contributed by atoms with van der Waals surface area (Å²) in [6.45, 7) is 4.07. The van der Waals surface area contributed by atoms with E-state index in [1.54, 1.807) is 15.9 Å². The van der Waals surface area contributed by atoms with Crippen molar-refractivity contribution in [2.24, 2.45) is 0 Å². The van der Waals surface area contributed by atoms with E-state index < -0.39 is 0 Å². The van der Waals surface area contributed by atoms with Crippen LogP contribution in [-0.2, 0) is 6.42 Å². The van der Waals surface area contributed by atoms with Crippen molar-refractivity contribution in [3.8, 4) is 11.8 Å². The maximum absolute atomic E-state index is 4.58. The van der Waals surface area contributed by atoms with Gasteiger partial charge in [-0.05, 0) is 36.9 Å². The smallest absolute Gasteiger partial charge is 0.155 e. The molecule has 3 heterocycles. The third kappa shape index (κ3) is 2.73. The predicted octanol–water partition coefficient (Wildman–Crippen LogP) is 3.39. The number of aryl methyl sites for hydroxylation is 3. The number of nitrogens with zero attached hydrogens (tertiary/aromatic N) is 3. The summed E-state index contributed by atoms with van der Waals surface area (Å²) in [6.07, 6.45) is 3.66.